The summed E-state index contributed by atoms with van der Waals surface area (Å²) in [5, 5.41) is 5.76. The summed E-state index contributed by atoms with van der Waals surface area (Å²) >= 11 is 0. The smallest absolute Gasteiger partial charge is 0.176 e. The molecule has 5 heterocycles. The lowest BCUT2D eigenvalue weighted by molar-refractivity contribution is 0.592. The van der Waals surface area contributed by atoms with E-state index in [4.69, 9.17) is 4.98 Å². The van der Waals surface area contributed by atoms with E-state index in [0.29, 0.717) is 5.30 Å². The molecule has 0 fully saturated rings. The Balaban J connectivity index is 1.00. The van der Waals surface area contributed by atoms with Crippen LogP contribution in [0, 0.1) is 0 Å². The van der Waals surface area contributed by atoms with E-state index in [9.17, 15) is 0 Å². The van der Waals surface area contributed by atoms with Crippen LogP contribution in [0.1, 0.15) is 0 Å². The molecule has 74 heavy (non-hydrogen) atoms. The third-order valence-corrected chi connectivity index (χ3v) is 21.3. The molecular formula is C65H43N5O2P2. The summed E-state index contributed by atoms with van der Waals surface area (Å²) in [6.07, 6.45) is 1.85. The molecule has 1 unspecified atom stereocenters. The van der Waals surface area contributed by atoms with Crippen LogP contribution in [-0.2, 0) is 9.13 Å². The summed E-state index contributed by atoms with van der Waals surface area (Å²) in [5.41, 5.74) is 14.2. The Hall–Kier alpha value is -8.99. The molecule has 7 nitrogen and oxygen atoms in total. The fraction of sp³-hybridized carbons (Fsp3) is 0. The lowest BCUT2D eigenvalue weighted by Crippen LogP contribution is -2.38. The fourth-order valence-corrected chi connectivity index (χ4v) is 18.0. The molecule has 9 heteroatoms. The predicted octanol–water partition coefficient (Wildman–Crippen LogP) is 14.5. The Kier molecular flexibility index (Phi) is 9.38. The monoisotopic (exact) mass is 987 g/mol. The lowest BCUT2D eigenvalue weighted by atomic mass is 9.98. The summed E-state index contributed by atoms with van der Waals surface area (Å²) in [7, 11) is -6.94. The number of hydrogen-bond acceptors (Lipinski definition) is 6. The quantitative estimate of drug-likeness (QED) is 0.141. The van der Waals surface area contributed by atoms with Crippen molar-refractivity contribution in [2.45, 2.75) is 0 Å². The highest BCUT2D eigenvalue weighted by Gasteiger charge is 2.51. The largest absolute Gasteiger partial charge is 0.310 e. The van der Waals surface area contributed by atoms with E-state index in [1.807, 2.05) is 103 Å². The highest BCUT2D eigenvalue weighted by atomic mass is 31.2. The fourth-order valence-electron chi connectivity index (χ4n) is 12.0. The van der Waals surface area contributed by atoms with Crippen molar-refractivity contribution in [3.63, 3.8) is 0 Å². The molecule has 0 saturated carbocycles. The van der Waals surface area contributed by atoms with Gasteiger partial charge in [-0.05, 0) is 126 Å². The zero-order valence-electron chi connectivity index (χ0n) is 39.8. The van der Waals surface area contributed by atoms with Crippen molar-refractivity contribution in [1.29, 1.82) is 0 Å². The molecule has 0 amide bonds. The van der Waals surface area contributed by atoms with E-state index in [1.54, 1.807) is 0 Å². The van der Waals surface area contributed by atoms with E-state index >= 15 is 9.13 Å². The van der Waals surface area contributed by atoms with Gasteiger partial charge in [-0.25, -0.2) is 0 Å². The Morgan fingerprint density at radius 1 is 0.419 bits per heavy atom. The van der Waals surface area contributed by atoms with Crippen LogP contribution in [0.25, 0.3) is 38.8 Å². The molecule has 3 aliphatic heterocycles. The molecule has 350 valence electrons. The van der Waals surface area contributed by atoms with E-state index in [-0.39, 0.29) is 0 Å². The van der Waals surface area contributed by atoms with Gasteiger partial charge in [0.25, 0.3) is 0 Å². The summed E-state index contributed by atoms with van der Waals surface area (Å²) in [4.78, 5) is 11.8. The average Bonchev–Trinajstić information content (AvgIpc) is 3.96. The summed E-state index contributed by atoms with van der Waals surface area (Å²) in [6, 6.07) is 87.1. The van der Waals surface area contributed by atoms with Crippen LogP contribution < -0.4 is 46.5 Å². The van der Waals surface area contributed by atoms with Gasteiger partial charge >= 0.3 is 0 Å². The standard InChI is InChI=1S/C65H43N5O2P2/c71-73(49-25-9-3-10-26-49,50-27-11-4-12-28-50)51-35-37-56-60(43-51)69(47-24-17-23-46(41-47)68-55-30-14-13-29-53(55)63-58(68)32-18-40-66-63)59-38-36-52-54-42-48(67(44-19-5-1-6-20-44)45-21-7-2-8-22-45)34-39-61(54)74(72)62-33-16-15-31-57(62)70(56)64(59)65(52)74/h1-43H. The Morgan fingerprint density at radius 2 is 1.05 bits per heavy atom. The predicted molar refractivity (Wildman–Crippen MR) is 308 cm³/mol. The van der Waals surface area contributed by atoms with Crippen LogP contribution in [-0.4, -0.2) is 9.55 Å². The minimum Gasteiger partial charge on any atom is -0.310 e. The van der Waals surface area contributed by atoms with Crippen LogP contribution in [0.3, 0.4) is 0 Å². The van der Waals surface area contributed by atoms with Gasteiger partial charge in [0.15, 0.2) is 14.3 Å². The van der Waals surface area contributed by atoms with Crippen LogP contribution in [0.15, 0.2) is 261 Å². The minimum absolute atomic E-state index is 0.713. The first kappa shape index (κ1) is 42.7. The van der Waals surface area contributed by atoms with E-state index in [0.717, 1.165) is 116 Å². The van der Waals surface area contributed by atoms with Crippen molar-refractivity contribution in [1.82, 2.24) is 9.55 Å². The topological polar surface area (TPSA) is 61.7 Å². The van der Waals surface area contributed by atoms with Gasteiger partial charge in [0.2, 0.25) is 0 Å². The number of benzene rings is 10. The molecule has 0 radical (unpaired) electrons. The molecule has 0 aliphatic carbocycles. The van der Waals surface area contributed by atoms with Gasteiger partial charge in [0.1, 0.15) is 0 Å². The van der Waals surface area contributed by atoms with Crippen molar-refractivity contribution in [2.24, 2.45) is 0 Å². The first-order valence-electron chi connectivity index (χ1n) is 24.8. The molecule has 1 atom stereocenters. The molecular weight excluding hydrogens is 945 g/mol. The first-order valence-corrected chi connectivity index (χ1v) is 28.2. The molecule has 0 saturated heterocycles. The second kappa shape index (κ2) is 16.3. The van der Waals surface area contributed by atoms with Crippen molar-refractivity contribution >= 4 is 119 Å². The van der Waals surface area contributed by atoms with Gasteiger partial charge in [0, 0.05) is 66.5 Å². The van der Waals surface area contributed by atoms with Crippen molar-refractivity contribution in [3.8, 4) is 16.8 Å². The number of anilines is 9. The Labute approximate surface area is 428 Å². The van der Waals surface area contributed by atoms with Gasteiger partial charge in [0.05, 0.1) is 50.3 Å². The molecule has 3 aliphatic rings. The van der Waals surface area contributed by atoms with Gasteiger partial charge in [-0.3, -0.25) is 4.98 Å². The maximum atomic E-state index is 17.0. The van der Waals surface area contributed by atoms with E-state index in [1.165, 1.54) is 0 Å². The third kappa shape index (κ3) is 6.00. The lowest BCUT2D eigenvalue weighted by Gasteiger charge is -2.45. The van der Waals surface area contributed by atoms with Gasteiger partial charge in [-0.1, -0.05) is 140 Å². The molecule has 15 rings (SSSR count). The van der Waals surface area contributed by atoms with Crippen LogP contribution in [0.2, 0.25) is 0 Å². The second-order valence-corrected chi connectivity index (χ2v) is 24.4. The van der Waals surface area contributed by atoms with Gasteiger partial charge in [-0.15, -0.1) is 0 Å². The number of rotatable bonds is 8. The van der Waals surface area contributed by atoms with Crippen molar-refractivity contribution < 1.29 is 9.13 Å². The Morgan fingerprint density at radius 3 is 1.80 bits per heavy atom. The molecule has 12 aromatic rings. The zero-order valence-corrected chi connectivity index (χ0v) is 41.6. The second-order valence-electron chi connectivity index (χ2n) is 19.0. The highest BCUT2D eigenvalue weighted by molar-refractivity contribution is 7.87. The number of pyridine rings is 1. The zero-order chi connectivity index (χ0) is 49.1. The van der Waals surface area contributed by atoms with Gasteiger partial charge < -0.3 is 28.4 Å². The molecule has 0 bridgehead atoms. The maximum absolute atomic E-state index is 17.0. The number of nitrogens with zero attached hydrogens (tertiary/aromatic N) is 5. The average molecular weight is 988 g/mol. The van der Waals surface area contributed by atoms with Crippen LogP contribution >= 0.6 is 14.3 Å². The van der Waals surface area contributed by atoms with E-state index < -0.39 is 14.3 Å². The molecule has 10 aromatic carbocycles. The maximum Gasteiger partial charge on any atom is 0.176 e. The van der Waals surface area contributed by atoms with Crippen molar-refractivity contribution in [3.05, 3.63) is 261 Å². The van der Waals surface area contributed by atoms with Crippen LogP contribution in [0.5, 0.6) is 0 Å². The van der Waals surface area contributed by atoms with Crippen LogP contribution in [0.4, 0.5) is 51.2 Å². The Bertz CT molecular complexity index is 4220. The first-order chi connectivity index (χ1) is 36.5. The number of fused-ring (bicyclic) bond motifs is 11. The number of aromatic nitrogens is 2. The third-order valence-electron chi connectivity index (χ3n) is 15.1. The molecule has 0 spiro atoms. The molecule has 2 aromatic heterocycles. The van der Waals surface area contributed by atoms with E-state index in [2.05, 4.69) is 177 Å². The summed E-state index contributed by atoms with van der Waals surface area (Å²) < 4.78 is 35.6. The normalized spacial score (nSPS) is 14.9. The number of hydrogen-bond donors (Lipinski definition) is 0. The molecule has 0 N–H and O–H groups in total. The number of para-hydroxylation sites is 4. The van der Waals surface area contributed by atoms with Crippen molar-refractivity contribution in [2.75, 3.05) is 14.7 Å². The SMILES string of the molecule is O=P(c1ccccc1)(c1ccccc1)c1ccc2c(c1)N(c1cccc(-n3c4ccccc4c4ncccc43)c1)c1ccc3c4c1N2c1ccccc1P4(=O)c1ccc(N(c2ccccc2)c2ccccc2)cc1-3. The van der Waals surface area contributed by atoms with Gasteiger partial charge in [-0.2, -0.15) is 0 Å². The highest BCUT2D eigenvalue weighted by Crippen LogP contribution is 2.66. The summed E-state index contributed by atoms with van der Waals surface area (Å²) in [6.45, 7) is 0. The minimum atomic E-state index is -3.50. The summed E-state index contributed by atoms with van der Waals surface area (Å²) in [5.74, 6) is 0.